The predicted octanol–water partition coefficient (Wildman–Crippen LogP) is 3.25. The molecule has 0 bridgehead atoms. The molecule has 1 nitrogen and oxygen atoms in total. The Kier molecular flexibility index (Phi) is 4.53. The molecule has 1 saturated heterocycles. The van der Waals surface area contributed by atoms with Gasteiger partial charge in [-0.3, -0.25) is 0 Å². The zero-order valence-corrected chi connectivity index (χ0v) is 10.9. The van der Waals surface area contributed by atoms with Crippen molar-refractivity contribution in [2.45, 2.75) is 48.7 Å². The van der Waals surface area contributed by atoms with Crippen LogP contribution in [0.5, 0.6) is 0 Å². The fourth-order valence-corrected chi connectivity index (χ4v) is 3.39. The third-order valence-electron chi connectivity index (χ3n) is 3.10. The molecule has 1 aliphatic heterocycles. The molecular formula is C12H18CoOS. The van der Waals surface area contributed by atoms with E-state index >= 15 is 0 Å². The summed E-state index contributed by atoms with van der Waals surface area (Å²) in [5, 5.41) is 10.1. The van der Waals surface area contributed by atoms with E-state index in [0.29, 0.717) is 0 Å². The Hall–Kier alpha value is 0.296. The molecule has 1 fully saturated rings. The van der Waals surface area contributed by atoms with E-state index in [2.05, 4.69) is 19.1 Å². The Balaban J connectivity index is 0.00000112. The van der Waals surface area contributed by atoms with Crippen LogP contribution in [0.4, 0.5) is 0 Å². The Morgan fingerprint density at radius 3 is 2.53 bits per heavy atom. The number of hydrogen-bond donors (Lipinski definition) is 1. The van der Waals surface area contributed by atoms with Gasteiger partial charge in [-0.05, 0) is 12.5 Å². The van der Waals surface area contributed by atoms with E-state index in [1.807, 2.05) is 12.2 Å². The molecule has 0 saturated carbocycles. The van der Waals surface area contributed by atoms with E-state index in [1.54, 1.807) is 11.8 Å². The Bertz CT molecular complexity index is 277. The Morgan fingerprint density at radius 2 is 1.87 bits per heavy atom. The summed E-state index contributed by atoms with van der Waals surface area (Å²) in [5.41, 5.74) is 0. The van der Waals surface area contributed by atoms with E-state index in [4.69, 9.17) is 0 Å². The number of fused-ring (bicyclic) bond motifs is 1. The van der Waals surface area contributed by atoms with Gasteiger partial charge >= 0.3 is 0 Å². The smallest absolute Gasteiger partial charge is 0.148 e. The minimum atomic E-state index is -0.562. The predicted molar refractivity (Wildman–Crippen MR) is 62.3 cm³/mol. The van der Waals surface area contributed by atoms with Crippen molar-refractivity contribution in [3.63, 3.8) is 0 Å². The third-order valence-corrected chi connectivity index (χ3v) is 4.73. The molecule has 0 aromatic rings. The first-order valence-corrected chi connectivity index (χ1v) is 6.34. The van der Waals surface area contributed by atoms with Gasteiger partial charge in [0.1, 0.15) is 4.93 Å². The fourth-order valence-electron chi connectivity index (χ4n) is 2.11. The zero-order valence-electron chi connectivity index (χ0n) is 9.03. The first kappa shape index (κ1) is 13.4. The summed E-state index contributed by atoms with van der Waals surface area (Å²) in [6, 6.07) is 0. The van der Waals surface area contributed by atoms with Crippen LogP contribution in [-0.4, -0.2) is 14.8 Å². The van der Waals surface area contributed by atoms with Gasteiger partial charge in [0.15, 0.2) is 0 Å². The maximum atomic E-state index is 10.1. The Labute approximate surface area is 107 Å². The molecule has 1 aliphatic carbocycles. The maximum Gasteiger partial charge on any atom is 0.148 e. The van der Waals surface area contributed by atoms with E-state index < -0.39 is 4.93 Å². The number of hydrogen-bond acceptors (Lipinski definition) is 2. The number of thioether (sulfide) groups is 1. The van der Waals surface area contributed by atoms with E-state index in [0.717, 1.165) is 6.42 Å². The molecule has 1 heterocycles. The van der Waals surface area contributed by atoms with Crippen LogP contribution >= 0.6 is 11.8 Å². The second-order valence-electron chi connectivity index (χ2n) is 4.22. The zero-order chi connectivity index (χ0) is 10.1. The van der Waals surface area contributed by atoms with E-state index in [-0.39, 0.29) is 21.5 Å². The van der Waals surface area contributed by atoms with Crippen LogP contribution in [0.2, 0.25) is 0 Å². The van der Waals surface area contributed by atoms with Gasteiger partial charge in [0.25, 0.3) is 0 Å². The molecule has 0 aromatic carbocycles. The minimum Gasteiger partial charge on any atom is -0.374 e. The van der Waals surface area contributed by atoms with Gasteiger partial charge in [-0.25, -0.2) is 0 Å². The molecule has 15 heavy (non-hydrogen) atoms. The van der Waals surface area contributed by atoms with Crippen molar-refractivity contribution < 1.29 is 21.9 Å². The molecular weight excluding hydrogens is 251 g/mol. The van der Waals surface area contributed by atoms with Crippen molar-refractivity contribution in [2.75, 3.05) is 0 Å². The largest absolute Gasteiger partial charge is 0.374 e. The normalized spacial score (nSPS) is 35.9. The van der Waals surface area contributed by atoms with Crippen LogP contribution in [0.3, 0.4) is 0 Å². The summed E-state index contributed by atoms with van der Waals surface area (Å²) in [6.45, 7) is 2.23. The molecule has 2 atom stereocenters. The summed E-state index contributed by atoms with van der Waals surface area (Å²) >= 11 is 1.69. The summed E-state index contributed by atoms with van der Waals surface area (Å²) in [4.78, 5) is -0.562. The summed E-state index contributed by atoms with van der Waals surface area (Å²) in [6.07, 6.45) is 14.4. The Morgan fingerprint density at radius 1 is 1.13 bits per heavy atom. The van der Waals surface area contributed by atoms with Gasteiger partial charge < -0.3 is 5.11 Å². The van der Waals surface area contributed by atoms with Crippen molar-refractivity contribution in [3.8, 4) is 0 Å². The molecule has 1 radical (unpaired) electrons. The quantitative estimate of drug-likeness (QED) is 0.610. The van der Waals surface area contributed by atoms with E-state index in [1.165, 1.54) is 25.7 Å². The minimum absolute atomic E-state index is 0. The van der Waals surface area contributed by atoms with Gasteiger partial charge in [-0.15, -0.1) is 11.8 Å². The van der Waals surface area contributed by atoms with E-state index in [9.17, 15) is 5.11 Å². The van der Waals surface area contributed by atoms with Crippen molar-refractivity contribution >= 4 is 11.8 Å². The van der Waals surface area contributed by atoms with Crippen molar-refractivity contribution in [3.05, 3.63) is 24.3 Å². The van der Waals surface area contributed by atoms with Gasteiger partial charge in [0.2, 0.25) is 0 Å². The van der Waals surface area contributed by atoms with Crippen molar-refractivity contribution in [2.24, 2.45) is 0 Å². The monoisotopic (exact) mass is 269 g/mol. The number of aliphatic hydroxyl groups is 1. The second kappa shape index (κ2) is 5.08. The first-order chi connectivity index (χ1) is 6.72. The topological polar surface area (TPSA) is 20.2 Å². The fraction of sp³-hybridized carbons (Fsp3) is 0.667. The van der Waals surface area contributed by atoms with Crippen LogP contribution in [0.15, 0.2) is 24.3 Å². The van der Waals surface area contributed by atoms with Gasteiger partial charge in [-0.1, -0.05) is 50.8 Å². The van der Waals surface area contributed by atoms with Crippen LogP contribution in [0.25, 0.3) is 0 Å². The summed E-state index contributed by atoms with van der Waals surface area (Å²) in [5.74, 6) is 0. The molecule has 0 amide bonds. The van der Waals surface area contributed by atoms with Crippen LogP contribution < -0.4 is 0 Å². The van der Waals surface area contributed by atoms with Crippen LogP contribution in [0.1, 0.15) is 39.0 Å². The third kappa shape index (κ3) is 2.52. The molecule has 0 aromatic heterocycles. The number of unbranched alkanes of at least 4 members (excludes halogenated alkanes) is 3. The van der Waals surface area contributed by atoms with Gasteiger partial charge in [0, 0.05) is 16.8 Å². The number of rotatable bonds is 5. The van der Waals surface area contributed by atoms with Crippen molar-refractivity contribution in [1.29, 1.82) is 0 Å². The van der Waals surface area contributed by atoms with Gasteiger partial charge in [0.05, 0.1) is 4.75 Å². The standard InChI is InChI=1S/C12H18OS.Co/c1-2-3-4-5-8-11-9-6-7-10-12(11,13)14-11;/h6-7,9-10,13H,2-5,8H2,1H3;. The molecule has 1 N–H and O–H groups in total. The summed E-state index contributed by atoms with van der Waals surface area (Å²) < 4.78 is 0.0372. The maximum absolute atomic E-state index is 10.1. The molecule has 3 heteroatoms. The molecule has 0 spiro atoms. The molecule has 2 rings (SSSR count). The number of allylic oxidation sites excluding steroid dienone is 2. The SMILES string of the molecule is CCCCCCC12C=CC=CC1(O)S2.[Co]. The second-order valence-corrected chi connectivity index (χ2v) is 5.77. The van der Waals surface area contributed by atoms with Crippen LogP contribution in [-0.2, 0) is 16.8 Å². The van der Waals surface area contributed by atoms with Gasteiger partial charge in [-0.2, -0.15) is 0 Å². The van der Waals surface area contributed by atoms with Crippen LogP contribution in [0, 0.1) is 0 Å². The molecule has 2 unspecified atom stereocenters. The van der Waals surface area contributed by atoms with Crippen molar-refractivity contribution in [1.82, 2.24) is 0 Å². The molecule has 87 valence electrons. The average molecular weight is 269 g/mol. The summed E-state index contributed by atoms with van der Waals surface area (Å²) in [7, 11) is 0. The first-order valence-electron chi connectivity index (χ1n) is 5.52. The average Bonchev–Trinajstić information content (AvgIpc) is 2.79. The molecule has 2 aliphatic rings.